The highest BCUT2D eigenvalue weighted by Gasteiger charge is 2.13. The van der Waals surface area contributed by atoms with Gasteiger partial charge in [-0.15, -0.1) is 0 Å². The van der Waals surface area contributed by atoms with Crippen molar-refractivity contribution in [3.63, 3.8) is 0 Å². The number of methoxy groups -OCH3 is 1. The number of hydrogen-bond donors (Lipinski definition) is 4. The van der Waals surface area contributed by atoms with Gasteiger partial charge in [0.25, 0.3) is 5.56 Å². The number of amides is 1. The molecule has 23 heavy (non-hydrogen) atoms. The predicted molar refractivity (Wildman–Crippen MR) is 81.6 cm³/mol. The topological polar surface area (TPSA) is 166 Å². The molecule has 0 bridgehead atoms. The highest BCUT2D eigenvalue weighted by atomic mass is 16.5. The number of rotatable bonds is 4. The molecule has 120 valence electrons. The average molecular weight is 318 g/mol. The van der Waals surface area contributed by atoms with Crippen molar-refractivity contribution >= 4 is 29.3 Å². The van der Waals surface area contributed by atoms with Crippen LogP contribution in [0.3, 0.4) is 0 Å². The molecule has 10 heteroatoms. The number of aromatic amines is 1. The van der Waals surface area contributed by atoms with Crippen molar-refractivity contribution in [1.82, 2.24) is 15.0 Å². The monoisotopic (exact) mass is 318 g/mol. The third-order valence-corrected chi connectivity index (χ3v) is 2.84. The molecule has 2 aromatic heterocycles. The first-order chi connectivity index (χ1) is 10.9. The third-order valence-electron chi connectivity index (χ3n) is 2.84. The number of nitrogens with one attached hydrogen (secondary N) is 2. The quantitative estimate of drug-likeness (QED) is 0.537. The molecule has 1 amide bonds. The molecule has 0 radical (unpaired) electrons. The summed E-state index contributed by atoms with van der Waals surface area (Å²) in [5.74, 6) is -1.32. The first-order valence-electron chi connectivity index (χ1n) is 6.39. The Balaban J connectivity index is 2.08. The van der Waals surface area contributed by atoms with Crippen LogP contribution in [0.15, 0.2) is 23.1 Å². The molecule has 0 aliphatic heterocycles. The maximum absolute atomic E-state index is 11.9. The standard InChI is InChI=1S/C13H14N6O4/c1-23-12(22)8-3-2-6(5-16-8)17-9(20)4-7-10(14)18-13(15)19-11(7)21/h2-3,5H,4H2,1H3,(H,17,20)(H5,14,15,18,19,21). The van der Waals surface area contributed by atoms with Gasteiger partial charge in [-0.3, -0.25) is 14.6 Å². The molecule has 10 nitrogen and oxygen atoms in total. The summed E-state index contributed by atoms with van der Waals surface area (Å²) in [6.07, 6.45) is 1.01. The molecule has 2 heterocycles. The largest absolute Gasteiger partial charge is 0.464 e. The highest BCUT2D eigenvalue weighted by Crippen LogP contribution is 2.09. The van der Waals surface area contributed by atoms with Gasteiger partial charge in [-0.2, -0.15) is 4.98 Å². The minimum absolute atomic E-state index is 0.0100. The van der Waals surface area contributed by atoms with Crippen LogP contribution in [-0.4, -0.2) is 33.9 Å². The van der Waals surface area contributed by atoms with Gasteiger partial charge >= 0.3 is 5.97 Å². The van der Waals surface area contributed by atoms with E-state index >= 15 is 0 Å². The van der Waals surface area contributed by atoms with Gasteiger partial charge in [-0.1, -0.05) is 0 Å². The molecule has 2 rings (SSSR count). The van der Waals surface area contributed by atoms with Crippen LogP contribution >= 0.6 is 0 Å². The fourth-order valence-corrected chi connectivity index (χ4v) is 1.76. The number of H-pyrrole nitrogens is 1. The van der Waals surface area contributed by atoms with Gasteiger partial charge in [0.2, 0.25) is 11.9 Å². The summed E-state index contributed by atoms with van der Waals surface area (Å²) in [6, 6.07) is 2.87. The first-order valence-corrected chi connectivity index (χ1v) is 6.39. The number of anilines is 3. The molecule has 0 aliphatic carbocycles. The second-order valence-electron chi connectivity index (χ2n) is 4.46. The van der Waals surface area contributed by atoms with Crippen molar-refractivity contribution in [2.75, 3.05) is 23.9 Å². The Kier molecular flexibility index (Phi) is 4.55. The third kappa shape index (κ3) is 3.81. The minimum atomic E-state index is -0.588. The first kappa shape index (κ1) is 15.9. The van der Waals surface area contributed by atoms with Crippen LogP contribution in [0.25, 0.3) is 0 Å². The zero-order valence-electron chi connectivity index (χ0n) is 12.1. The van der Waals surface area contributed by atoms with Gasteiger partial charge in [0, 0.05) is 0 Å². The number of carbonyl (C=O) groups excluding carboxylic acids is 2. The Morgan fingerprint density at radius 1 is 1.35 bits per heavy atom. The normalized spacial score (nSPS) is 10.1. The van der Waals surface area contributed by atoms with Crippen LogP contribution in [0.5, 0.6) is 0 Å². The van der Waals surface area contributed by atoms with E-state index < -0.39 is 17.4 Å². The SMILES string of the molecule is COC(=O)c1ccc(NC(=O)Cc2c(N)nc(N)[nH]c2=O)cn1. The number of ether oxygens (including phenoxy) is 1. The number of nitrogen functional groups attached to an aromatic ring is 2. The summed E-state index contributed by atoms with van der Waals surface area (Å²) in [5, 5.41) is 2.52. The Morgan fingerprint density at radius 2 is 2.09 bits per heavy atom. The van der Waals surface area contributed by atoms with E-state index in [4.69, 9.17) is 11.5 Å². The molecule has 2 aromatic rings. The number of hydrogen-bond acceptors (Lipinski definition) is 8. The molecule has 0 atom stereocenters. The Bertz CT molecular complexity index is 799. The summed E-state index contributed by atoms with van der Waals surface area (Å²) in [4.78, 5) is 44.7. The van der Waals surface area contributed by atoms with Gasteiger partial charge < -0.3 is 21.5 Å². The maximum Gasteiger partial charge on any atom is 0.356 e. The number of nitrogens with zero attached hydrogens (tertiary/aromatic N) is 2. The van der Waals surface area contributed by atoms with Gasteiger partial charge in [-0.25, -0.2) is 9.78 Å². The lowest BCUT2D eigenvalue weighted by atomic mass is 10.2. The maximum atomic E-state index is 11.9. The van der Waals surface area contributed by atoms with Crippen molar-refractivity contribution in [3.05, 3.63) is 39.9 Å². The van der Waals surface area contributed by atoms with E-state index in [9.17, 15) is 14.4 Å². The second kappa shape index (κ2) is 6.56. The van der Waals surface area contributed by atoms with Gasteiger partial charge in [-0.05, 0) is 12.1 Å². The zero-order chi connectivity index (χ0) is 17.0. The lowest BCUT2D eigenvalue weighted by Gasteiger charge is -2.07. The summed E-state index contributed by atoms with van der Waals surface area (Å²) in [5.41, 5.74) is 10.8. The fraction of sp³-hybridized carbons (Fsp3) is 0.154. The van der Waals surface area contributed by atoms with Crippen LogP contribution in [0.1, 0.15) is 16.1 Å². The molecule has 0 fully saturated rings. The number of aromatic nitrogens is 3. The summed E-state index contributed by atoms with van der Waals surface area (Å²) >= 11 is 0. The van der Waals surface area contributed by atoms with Crippen molar-refractivity contribution in [2.45, 2.75) is 6.42 Å². The molecule has 0 spiro atoms. The molecule has 0 aromatic carbocycles. The number of nitrogens with two attached hydrogens (primary N) is 2. The highest BCUT2D eigenvalue weighted by molar-refractivity contribution is 5.93. The van der Waals surface area contributed by atoms with E-state index in [1.165, 1.54) is 25.4 Å². The Morgan fingerprint density at radius 3 is 2.65 bits per heavy atom. The lowest BCUT2D eigenvalue weighted by molar-refractivity contribution is -0.115. The average Bonchev–Trinajstić information content (AvgIpc) is 2.51. The second-order valence-corrected chi connectivity index (χ2v) is 4.46. The Hall–Kier alpha value is -3.43. The number of esters is 1. The van der Waals surface area contributed by atoms with Gasteiger partial charge in [0.15, 0.2) is 0 Å². The molecule has 0 saturated heterocycles. The van der Waals surface area contributed by atoms with Crippen LogP contribution in [0.2, 0.25) is 0 Å². The molecule has 0 saturated carbocycles. The van der Waals surface area contributed by atoms with Gasteiger partial charge in [0.05, 0.1) is 31.0 Å². The van der Waals surface area contributed by atoms with E-state index in [0.29, 0.717) is 5.69 Å². The van der Waals surface area contributed by atoms with E-state index in [2.05, 4.69) is 25.0 Å². The molecular formula is C13H14N6O4. The molecular weight excluding hydrogens is 304 g/mol. The molecule has 0 unspecified atom stereocenters. The van der Waals surface area contributed by atoms with Crippen molar-refractivity contribution in [1.29, 1.82) is 0 Å². The summed E-state index contributed by atoms with van der Waals surface area (Å²) in [7, 11) is 1.24. The number of pyridine rings is 1. The number of carbonyl (C=O) groups is 2. The summed E-state index contributed by atoms with van der Waals surface area (Å²) < 4.78 is 4.51. The van der Waals surface area contributed by atoms with E-state index in [0.717, 1.165) is 0 Å². The molecule has 0 aliphatic rings. The van der Waals surface area contributed by atoms with Crippen LogP contribution in [-0.2, 0) is 16.0 Å². The Labute approximate surface area is 129 Å². The fourth-order valence-electron chi connectivity index (χ4n) is 1.76. The van der Waals surface area contributed by atoms with Crippen molar-refractivity contribution in [3.8, 4) is 0 Å². The van der Waals surface area contributed by atoms with E-state index in [1.807, 2.05) is 0 Å². The summed E-state index contributed by atoms with van der Waals surface area (Å²) in [6.45, 7) is 0. The van der Waals surface area contributed by atoms with Crippen molar-refractivity contribution in [2.24, 2.45) is 0 Å². The van der Waals surface area contributed by atoms with Gasteiger partial charge in [0.1, 0.15) is 11.5 Å². The van der Waals surface area contributed by atoms with Crippen LogP contribution in [0, 0.1) is 0 Å². The zero-order valence-corrected chi connectivity index (χ0v) is 12.1. The lowest BCUT2D eigenvalue weighted by Crippen LogP contribution is -2.24. The smallest absolute Gasteiger partial charge is 0.356 e. The van der Waals surface area contributed by atoms with Crippen LogP contribution in [0.4, 0.5) is 17.5 Å². The minimum Gasteiger partial charge on any atom is -0.464 e. The van der Waals surface area contributed by atoms with E-state index in [1.54, 1.807) is 0 Å². The van der Waals surface area contributed by atoms with Crippen LogP contribution < -0.4 is 22.3 Å². The van der Waals surface area contributed by atoms with E-state index in [-0.39, 0.29) is 29.4 Å². The molecule has 6 N–H and O–H groups in total. The predicted octanol–water partition coefficient (Wildman–Crippen LogP) is -0.703. The van der Waals surface area contributed by atoms with Crippen molar-refractivity contribution < 1.29 is 14.3 Å².